The fourth-order valence-electron chi connectivity index (χ4n) is 1.48. The van der Waals surface area contributed by atoms with Gasteiger partial charge in [-0.25, -0.2) is 9.38 Å². The second kappa shape index (κ2) is 4.96. The molecule has 1 unspecified atom stereocenters. The summed E-state index contributed by atoms with van der Waals surface area (Å²) in [6.07, 6.45) is 0.571. The van der Waals surface area contributed by atoms with Crippen molar-refractivity contribution in [3.05, 3.63) is 35.6 Å². The quantitative estimate of drug-likeness (QED) is 0.596. The first kappa shape index (κ1) is 10.9. The summed E-state index contributed by atoms with van der Waals surface area (Å²) in [6, 6.07) is 6.17. The van der Waals surface area contributed by atoms with Gasteiger partial charge in [0.2, 0.25) is 0 Å². The lowest BCUT2D eigenvalue weighted by Gasteiger charge is -2.01. The number of aliphatic imine (C=N–C) groups is 1. The lowest BCUT2D eigenvalue weighted by atomic mass is 10.1. The summed E-state index contributed by atoms with van der Waals surface area (Å²) in [5, 5.41) is 6.23. The highest BCUT2D eigenvalue weighted by Gasteiger charge is 2.21. The molecule has 0 radical (unpaired) electrons. The standard InChI is InChI=1S/C11H9FN2OS/c12-9-3-1-8(2-4-9)11-5-10(15-14-11)6-13-7-16/h1-4,10H,5-6H2. The Morgan fingerprint density at radius 1 is 1.50 bits per heavy atom. The van der Waals surface area contributed by atoms with Gasteiger partial charge in [0.25, 0.3) is 0 Å². The fourth-order valence-corrected chi connectivity index (χ4v) is 1.55. The summed E-state index contributed by atoms with van der Waals surface area (Å²) in [5.41, 5.74) is 1.68. The molecule has 1 aromatic rings. The van der Waals surface area contributed by atoms with Crippen LogP contribution >= 0.6 is 12.2 Å². The van der Waals surface area contributed by atoms with Gasteiger partial charge in [0, 0.05) is 6.42 Å². The van der Waals surface area contributed by atoms with Crippen LogP contribution in [0.4, 0.5) is 4.39 Å². The molecule has 1 aliphatic heterocycles. The number of thiocarbonyl (C=S) groups is 1. The number of nitrogens with zero attached hydrogens (tertiary/aromatic N) is 2. The van der Waals surface area contributed by atoms with E-state index in [0.717, 1.165) is 11.3 Å². The van der Waals surface area contributed by atoms with Crippen molar-refractivity contribution in [2.75, 3.05) is 6.54 Å². The molecule has 0 fully saturated rings. The van der Waals surface area contributed by atoms with Gasteiger partial charge in [-0.15, -0.1) is 0 Å². The van der Waals surface area contributed by atoms with Crippen molar-refractivity contribution < 1.29 is 9.23 Å². The first-order valence-electron chi connectivity index (χ1n) is 4.82. The van der Waals surface area contributed by atoms with E-state index in [-0.39, 0.29) is 11.9 Å². The largest absolute Gasteiger partial charge is 0.390 e. The number of rotatable bonds is 3. The molecule has 5 heteroatoms. The smallest absolute Gasteiger partial charge is 0.153 e. The van der Waals surface area contributed by atoms with Crippen LogP contribution in [-0.4, -0.2) is 23.5 Å². The Bertz CT molecular complexity index is 452. The Labute approximate surface area is 97.6 Å². The zero-order valence-corrected chi connectivity index (χ0v) is 9.21. The number of oxime groups is 1. The molecule has 0 bridgehead atoms. The lowest BCUT2D eigenvalue weighted by Crippen LogP contribution is -2.11. The predicted molar refractivity (Wildman–Crippen MR) is 62.3 cm³/mol. The van der Waals surface area contributed by atoms with Gasteiger partial charge in [0.05, 0.1) is 17.4 Å². The topological polar surface area (TPSA) is 34.0 Å². The Hall–Kier alpha value is -1.58. The minimum absolute atomic E-state index is 0.0875. The highest BCUT2D eigenvalue weighted by atomic mass is 32.1. The van der Waals surface area contributed by atoms with Gasteiger partial charge in [-0.3, -0.25) is 0 Å². The highest BCUT2D eigenvalue weighted by Crippen LogP contribution is 2.17. The van der Waals surface area contributed by atoms with Crippen LogP contribution in [-0.2, 0) is 4.84 Å². The van der Waals surface area contributed by atoms with Crippen molar-refractivity contribution in [1.29, 1.82) is 0 Å². The van der Waals surface area contributed by atoms with Crippen LogP contribution in [0.3, 0.4) is 0 Å². The second-order valence-electron chi connectivity index (χ2n) is 3.41. The van der Waals surface area contributed by atoms with E-state index in [4.69, 9.17) is 4.84 Å². The predicted octanol–water partition coefficient (Wildman–Crippen LogP) is 2.42. The molecule has 1 heterocycles. The molecular formula is C11H9FN2OS. The highest BCUT2D eigenvalue weighted by molar-refractivity contribution is 7.78. The molecule has 2 rings (SSSR count). The summed E-state index contributed by atoms with van der Waals surface area (Å²) >= 11 is 4.47. The fraction of sp³-hybridized carbons (Fsp3) is 0.273. The molecule has 1 atom stereocenters. The zero-order chi connectivity index (χ0) is 11.4. The van der Waals surface area contributed by atoms with E-state index in [1.807, 2.05) is 0 Å². The molecule has 0 aliphatic carbocycles. The normalized spacial score (nSPS) is 18.6. The minimum Gasteiger partial charge on any atom is -0.390 e. The molecule has 0 amide bonds. The second-order valence-corrected chi connectivity index (χ2v) is 3.59. The van der Waals surface area contributed by atoms with Gasteiger partial charge in [0.15, 0.2) is 6.10 Å². The van der Waals surface area contributed by atoms with Crippen molar-refractivity contribution >= 4 is 23.1 Å². The van der Waals surface area contributed by atoms with Gasteiger partial charge in [-0.05, 0) is 29.9 Å². The molecule has 82 valence electrons. The van der Waals surface area contributed by atoms with Gasteiger partial charge in [-0.2, -0.15) is 0 Å². The Balaban J connectivity index is 2.02. The summed E-state index contributed by atoms with van der Waals surface area (Å²) < 4.78 is 12.7. The van der Waals surface area contributed by atoms with Crippen molar-refractivity contribution in [1.82, 2.24) is 0 Å². The van der Waals surface area contributed by atoms with Crippen molar-refractivity contribution in [3.63, 3.8) is 0 Å². The van der Waals surface area contributed by atoms with Crippen LogP contribution in [0.5, 0.6) is 0 Å². The van der Waals surface area contributed by atoms with Crippen LogP contribution in [0.15, 0.2) is 34.4 Å². The monoisotopic (exact) mass is 236 g/mol. The van der Waals surface area contributed by atoms with E-state index in [1.165, 1.54) is 12.1 Å². The molecular weight excluding hydrogens is 227 g/mol. The van der Waals surface area contributed by atoms with Gasteiger partial charge < -0.3 is 4.84 Å². The Kier molecular flexibility index (Phi) is 3.39. The molecule has 16 heavy (non-hydrogen) atoms. The van der Waals surface area contributed by atoms with Crippen LogP contribution in [0.1, 0.15) is 12.0 Å². The first-order chi connectivity index (χ1) is 7.79. The molecule has 1 aromatic carbocycles. The third-order valence-corrected chi connectivity index (χ3v) is 2.40. The maximum atomic E-state index is 12.7. The van der Waals surface area contributed by atoms with Gasteiger partial charge >= 0.3 is 0 Å². The molecule has 0 spiro atoms. The molecule has 1 aliphatic rings. The first-order valence-corrected chi connectivity index (χ1v) is 5.22. The van der Waals surface area contributed by atoms with Gasteiger partial charge in [-0.1, -0.05) is 17.3 Å². The molecule has 0 saturated carbocycles. The molecule has 0 saturated heterocycles. The number of isothiocyanates is 1. The number of hydrogen-bond acceptors (Lipinski definition) is 4. The summed E-state index contributed by atoms with van der Waals surface area (Å²) in [7, 11) is 0. The van der Waals surface area contributed by atoms with E-state index >= 15 is 0 Å². The molecule has 0 aromatic heterocycles. The molecule has 0 N–H and O–H groups in total. The summed E-state index contributed by atoms with van der Waals surface area (Å²) in [4.78, 5) is 8.97. The van der Waals surface area contributed by atoms with E-state index in [9.17, 15) is 4.39 Å². The average molecular weight is 236 g/mol. The lowest BCUT2D eigenvalue weighted by molar-refractivity contribution is 0.0924. The van der Waals surface area contributed by atoms with Crippen LogP contribution < -0.4 is 0 Å². The van der Waals surface area contributed by atoms with Crippen LogP contribution in [0, 0.1) is 5.82 Å². The summed E-state index contributed by atoms with van der Waals surface area (Å²) in [6.45, 7) is 0.456. The Morgan fingerprint density at radius 2 is 2.25 bits per heavy atom. The summed E-state index contributed by atoms with van der Waals surface area (Å²) in [5.74, 6) is -0.259. The van der Waals surface area contributed by atoms with Crippen LogP contribution in [0.25, 0.3) is 0 Å². The third-order valence-electron chi connectivity index (χ3n) is 2.27. The van der Waals surface area contributed by atoms with Crippen molar-refractivity contribution in [2.24, 2.45) is 10.1 Å². The molecule has 3 nitrogen and oxygen atoms in total. The SMILES string of the molecule is Fc1ccc(C2=NOC(CN=C=S)C2)cc1. The minimum atomic E-state index is -0.259. The zero-order valence-electron chi connectivity index (χ0n) is 8.39. The van der Waals surface area contributed by atoms with E-state index in [1.54, 1.807) is 12.1 Å². The average Bonchev–Trinajstić information content (AvgIpc) is 2.76. The number of benzene rings is 1. The maximum absolute atomic E-state index is 12.7. The Morgan fingerprint density at radius 3 is 2.94 bits per heavy atom. The number of hydrogen-bond donors (Lipinski definition) is 0. The third kappa shape index (κ3) is 2.51. The maximum Gasteiger partial charge on any atom is 0.153 e. The van der Waals surface area contributed by atoms with Gasteiger partial charge in [0.1, 0.15) is 5.82 Å². The van der Waals surface area contributed by atoms with E-state index in [0.29, 0.717) is 13.0 Å². The number of halogens is 1. The van der Waals surface area contributed by atoms with Crippen molar-refractivity contribution in [2.45, 2.75) is 12.5 Å². The van der Waals surface area contributed by atoms with Crippen molar-refractivity contribution in [3.8, 4) is 0 Å². The van der Waals surface area contributed by atoms with Crippen LogP contribution in [0.2, 0.25) is 0 Å². The van der Waals surface area contributed by atoms with E-state index < -0.39 is 0 Å². The van der Waals surface area contributed by atoms with E-state index in [2.05, 4.69) is 27.5 Å².